The van der Waals surface area contributed by atoms with Crippen molar-refractivity contribution in [3.8, 4) is 5.75 Å². The number of ether oxygens (including phenoxy) is 1. The second-order valence-corrected chi connectivity index (χ2v) is 12.9. The van der Waals surface area contributed by atoms with Crippen LogP contribution in [0.2, 0.25) is 0 Å². The number of halogens is 3. The summed E-state index contributed by atoms with van der Waals surface area (Å²) in [4.78, 5) is 46.7. The maximum atomic E-state index is 14.0. The van der Waals surface area contributed by atoms with Crippen LogP contribution in [0.1, 0.15) is 71.2 Å². The number of nitrogens with one attached hydrogen (secondary N) is 1. The van der Waals surface area contributed by atoms with Gasteiger partial charge in [0.25, 0.3) is 11.8 Å². The predicted octanol–water partition coefficient (Wildman–Crippen LogP) is 4.84. The van der Waals surface area contributed by atoms with E-state index in [0.29, 0.717) is 44.1 Å². The van der Waals surface area contributed by atoms with E-state index < -0.39 is 23.7 Å². The molecule has 1 N–H and O–H groups in total. The van der Waals surface area contributed by atoms with E-state index in [1.165, 1.54) is 31.7 Å². The molecule has 0 aromatic heterocycles. The summed E-state index contributed by atoms with van der Waals surface area (Å²) in [5, 5.41) is 2.84. The maximum absolute atomic E-state index is 14.0. The fourth-order valence-corrected chi connectivity index (χ4v) is 7.58. The van der Waals surface area contributed by atoms with Crippen LogP contribution in [0.5, 0.6) is 5.75 Å². The van der Waals surface area contributed by atoms with Gasteiger partial charge in [0.2, 0.25) is 5.91 Å². The molecule has 11 heteroatoms. The zero-order valence-corrected chi connectivity index (χ0v) is 25.4. The summed E-state index contributed by atoms with van der Waals surface area (Å²) in [5.41, 5.74) is -0.590. The van der Waals surface area contributed by atoms with E-state index in [2.05, 4.69) is 10.2 Å². The third-order valence-corrected chi connectivity index (χ3v) is 10.1. The van der Waals surface area contributed by atoms with Gasteiger partial charge in [-0.1, -0.05) is 31.0 Å². The van der Waals surface area contributed by atoms with Crippen molar-refractivity contribution in [1.82, 2.24) is 20.0 Å². The van der Waals surface area contributed by atoms with E-state index >= 15 is 0 Å². The SMILES string of the molecule is O=C1NCC[C@H]2CN(C3CCCC3)CC[C@H]2CC(=O)N2CCN(C(=O)c3ccccc3)C[C@H]2COc2ccc(C(F)(F)F)cc21. The number of piperazine rings is 1. The van der Waals surface area contributed by atoms with Gasteiger partial charge in [-0.05, 0) is 74.4 Å². The van der Waals surface area contributed by atoms with Crippen molar-refractivity contribution in [2.75, 3.05) is 45.9 Å². The highest BCUT2D eigenvalue weighted by molar-refractivity contribution is 5.97. The molecule has 2 aromatic carbocycles. The molecule has 0 radical (unpaired) electrons. The highest BCUT2D eigenvalue weighted by atomic mass is 19.4. The number of alkyl halides is 3. The normalized spacial score (nSPS) is 25.8. The van der Waals surface area contributed by atoms with Gasteiger partial charge in [-0.2, -0.15) is 13.2 Å². The van der Waals surface area contributed by atoms with Crippen LogP contribution in [0.4, 0.5) is 13.2 Å². The predicted molar refractivity (Wildman–Crippen MR) is 162 cm³/mol. The molecule has 1 saturated carbocycles. The largest absolute Gasteiger partial charge is 0.491 e. The van der Waals surface area contributed by atoms with E-state index in [4.69, 9.17) is 4.74 Å². The van der Waals surface area contributed by atoms with E-state index in [-0.39, 0.29) is 48.1 Å². The quantitative estimate of drug-likeness (QED) is 0.516. The monoisotopic (exact) mass is 626 g/mol. The van der Waals surface area contributed by atoms with Crippen LogP contribution in [0.3, 0.4) is 0 Å². The number of hydrogen-bond acceptors (Lipinski definition) is 5. The maximum Gasteiger partial charge on any atom is 0.416 e. The number of amides is 3. The number of benzene rings is 2. The molecule has 3 aliphatic heterocycles. The minimum Gasteiger partial charge on any atom is -0.491 e. The average molecular weight is 627 g/mol. The van der Waals surface area contributed by atoms with Crippen LogP contribution in [0.25, 0.3) is 0 Å². The Labute approximate surface area is 261 Å². The Bertz CT molecular complexity index is 1380. The van der Waals surface area contributed by atoms with Gasteiger partial charge in [0.05, 0.1) is 17.2 Å². The Balaban J connectivity index is 1.28. The first-order chi connectivity index (χ1) is 21.7. The topological polar surface area (TPSA) is 82.2 Å². The molecule has 4 aliphatic rings. The molecule has 45 heavy (non-hydrogen) atoms. The first-order valence-corrected chi connectivity index (χ1v) is 16.2. The molecular formula is C34H41F3N4O4. The number of hydrogen-bond donors (Lipinski definition) is 1. The molecule has 0 spiro atoms. The van der Waals surface area contributed by atoms with Gasteiger partial charge in [-0.15, -0.1) is 0 Å². The van der Waals surface area contributed by atoms with Crippen molar-refractivity contribution in [1.29, 1.82) is 0 Å². The third-order valence-electron chi connectivity index (χ3n) is 10.1. The first kappa shape index (κ1) is 31.4. The van der Waals surface area contributed by atoms with Crippen LogP contribution < -0.4 is 10.1 Å². The number of carbonyl (C=O) groups excluding carboxylic acids is 3. The number of fused-ring (bicyclic) bond motifs is 3. The van der Waals surface area contributed by atoms with Gasteiger partial charge >= 0.3 is 6.18 Å². The van der Waals surface area contributed by atoms with E-state index in [0.717, 1.165) is 31.6 Å². The minimum absolute atomic E-state index is 0.00784. The fourth-order valence-electron chi connectivity index (χ4n) is 7.58. The molecule has 2 saturated heterocycles. The molecule has 2 aromatic rings. The van der Waals surface area contributed by atoms with E-state index in [1.54, 1.807) is 34.1 Å². The molecule has 3 atom stereocenters. The molecule has 3 amide bonds. The summed E-state index contributed by atoms with van der Waals surface area (Å²) in [5.74, 6) is -0.456. The lowest BCUT2D eigenvalue weighted by molar-refractivity contribution is -0.139. The summed E-state index contributed by atoms with van der Waals surface area (Å²) in [6.07, 6.45) is 2.08. The van der Waals surface area contributed by atoms with Gasteiger partial charge in [-0.25, -0.2) is 0 Å². The lowest BCUT2D eigenvalue weighted by Gasteiger charge is -2.44. The Morgan fingerprint density at radius 3 is 2.40 bits per heavy atom. The summed E-state index contributed by atoms with van der Waals surface area (Å²) in [6, 6.07) is 11.8. The average Bonchev–Trinajstić information content (AvgIpc) is 3.59. The van der Waals surface area contributed by atoms with E-state index in [1.807, 2.05) is 6.07 Å². The van der Waals surface area contributed by atoms with Crippen LogP contribution in [0, 0.1) is 11.8 Å². The molecule has 1 aliphatic carbocycles. The molecule has 8 nitrogen and oxygen atoms in total. The highest BCUT2D eigenvalue weighted by Crippen LogP contribution is 2.36. The van der Waals surface area contributed by atoms with Crippen LogP contribution >= 0.6 is 0 Å². The lowest BCUT2D eigenvalue weighted by Crippen LogP contribution is -2.59. The van der Waals surface area contributed by atoms with Gasteiger partial charge < -0.3 is 24.8 Å². The number of rotatable bonds is 2. The van der Waals surface area contributed by atoms with Gasteiger partial charge in [0, 0.05) is 50.7 Å². The number of piperidine rings is 1. The van der Waals surface area contributed by atoms with Gasteiger partial charge in [0.1, 0.15) is 12.4 Å². The number of nitrogens with zero attached hydrogens (tertiary/aromatic N) is 3. The Morgan fingerprint density at radius 1 is 0.867 bits per heavy atom. The molecule has 0 bridgehead atoms. The van der Waals surface area contributed by atoms with E-state index in [9.17, 15) is 27.6 Å². The van der Waals surface area contributed by atoms with Gasteiger partial charge in [0.15, 0.2) is 0 Å². The van der Waals surface area contributed by atoms with Crippen molar-refractivity contribution in [3.63, 3.8) is 0 Å². The van der Waals surface area contributed by atoms with Gasteiger partial charge in [-0.3, -0.25) is 14.4 Å². The van der Waals surface area contributed by atoms with Crippen LogP contribution in [0.15, 0.2) is 48.5 Å². The lowest BCUT2D eigenvalue weighted by atomic mass is 9.80. The van der Waals surface area contributed by atoms with Crippen LogP contribution in [-0.2, 0) is 11.0 Å². The highest BCUT2D eigenvalue weighted by Gasteiger charge is 2.39. The third kappa shape index (κ3) is 7.13. The molecule has 3 fully saturated rings. The Hall–Kier alpha value is -3.60. The number of carbonyl (C=O) groups is 3. The zero-order chi connectivity index (χ0) is 31.6. The summed E-state index contributed by atoms with van der Waals surface area (Å²) in [7, 11) is 0. The second kappa shape index (κ2) is 13.4. The smallest absolute Gasteiger partial charge is 0.416 e. The molecule has 242 valence electrons. The molecular weight excluding hydrogens is 585 g/mol. The van der Waals surface area contributed by atoms with Crippen molar-refractivity contribution < 1.29 is 32.3 Å². The standard InChI is InChI=1S/C34H41F3N4O4/c35-34(36,37)26-10-11-30-29(19-26)32(43)38-14-12-25-20-39(27-8-4-5-9-27)15-13-24(25)18-31(42)41-17-16-40(21-28(41)22-45-30)33(44)23-6-2-1-3-7-23/h1-3,6-7,10-11,19,24-25,27-28H,4-5,8-9,12-18,20-22H2,(H,38,43)/t24-,25-,28-/m0/s1. The van der Waals surface area contributed by atoms with Crippen molar-refractivity contribution in [2.45, 2.75) is 63.2 Å². The van der Waals surface area contributed by atoms with Crippen molar-refractivity contribution in [2.24, 2.45) is 11.8 Å². The molecule has 0 unspecified atom stereocenters. The summed E-state index contributed by atoms with van der Waals surface area (Å²) in [6.45, 7) is 2.92. The molecule has 3 heterocycles. The van der Waals surface area contributed by atoms with Crippen molar-refractivity contribution in [3.05, 3.63) is 65.2 Å². The number of likely N-dealkylation sites (tertiary alicyclic amines) is 1. The second-order valence-electron chi connectivity index (χ2n) is 12.9. The first-order valence-electron chi connectivity index (χ1n) is 16.2. The Kier molecular flexibility index (Phi) is 9.35. The summed E-state index contributed by atoms with van der Waals surface area (Å²) >= 11 is 0. The van der Waals surface area contributed by atoms with Crippen LogP contribution in [-0.4, -0.2) is 90.4 Å². The van der Waals surface area contributed by atoms with Crippen molar-refractivity contribution >= 4 is 17.7 Å². The zero-order valence-electron chi connectivity index (χ0n) is 25.4. The summed E-state index contributed by atoms with van der Waals surface area (Å²) < 4.78 is 47.0. The minimum atomic E-state index is -4.63. The Morgan fingerprint density at radius 2 is 1.64 bits per heavy atom. The fraction of sp³-hybridized carbons (Fsp3) is 0.559. The molecule has 6 rings (SSSR count).